The number of hydrogen-bond donors (Lipinski definition) is 1. The minimum Gasteiger partial charge on any atom is -0.311 e. The monoisotopic (exact) mass is 278 g/mol. The van der Waals surface area contributed by atoms with Crippen LogP contribution in [-0.2, 0) is 0 Å². The second kappa shape index (κ2) is 6.36. The predicted octanol–water partition coefficient (Wildman–Crippen LogP) is 3.81. The van der Waals surface area contributed by atoms with Gasteiger partial charge >= 0.3 is 0 Å². The molecular formula is C18H34N2. The van der Waals surface area contributed by atoms with Crippen molar-refractivity contribution in [3.63, 3.8) is 0 Å². The molecule has 0 aromatic rings. The summed E-state index contributed by atoms with van der Waals surface area (Å²) in [6, 6.07) is 1.62. The molecule has 2 unspecified atom stereocenters. The van der Waals surface area contributed by atoms with Crippen LogP contribution in [0.4, 0.5) is 0 Å². The highest BCUT2D eigenvalue weighted by Gasteiger charge is 2.39. The zero-order valence-corrected chi connectivity index (χ0v) is 13.7. The smallest absolute Gasteiger partial charge is 0.0223 e. The van der Waals surface area contributed by atoms with Crippen LogP contribution in [0.25, 0.3) is 0 Å². The van der Waals surface area contributed by atoms with E-state index in [1.807, 2.05) is 0 Å². The van der Waals surface area contributed by atoms with Gasteiger partial charge < -0.3 is 5.32 Å². The van der Waals surface area contributed by atoms with Crippen LogP contribution in [0.1, 0.15) is 71.6 Å². The molecule has 1 N–H and O–H groups in total. The minimum absolute atomic E-state index is 0.534. The molecule has 0 bridgehead atoms. The van der Waals surface area contributed by atoms with E-state index in [4.69, 9.17) is 0 Å². The van der Waals surface area contributed by atoms with Crippen LogP contribution in [0, 0.1) is 11.3 Å². The van der Waals surface area contributed by atoms with E-state index in [0.29, 0.717) is 5.41 Å². The van der Waals surface area contributed by atoms with Gasteiger partial charge in [0.05, 0.1) is 0 Å². The van der Waals surface area contributed by atoms with Crippen molar-refractivity contribution in [1.29, 1.82) is 0 Å². The van der Waals surface area contributed by atoms with E-state index >= 15 is 0 Å². The molecule has 2 aliphatic carbocycles. The maximum absolute atomic E-state index is 3.84. The van der Waals surface area contributed by atoms with Crippen molar-refractivity contribution in [2.45, 2.75) is 83.7 Å². The first-order valence-corrected chi connectivity index (χ1v) is 9.14. The molecule has 0 radical (unpaired) electrons. The van der Waals surface area contributed by atoms with E-state index in [1.54, 1.807) is 0 Å². The van der Waals surface area contributed by atoms with Gasteiger partial charge in [0.15, 0.2) is 0 Å². The normalized spacial score (nSPS) is 36.9. The van der Waals surface area contributed by atoms with Gasteiger partial charge in [-0.2, -0.15) is 0 Å². The largest absolute Gasteiger partial charge is 0.311 e. The quantitative estimate of drug-likeness (QED) is 0.826. The summed E-state index contributed by atoms with van der Waals surface area (Å²) in [5.74, 6) is 0.957. The van der Waals surface area contributed by atoms with Gasteiger partial charge in [0.1, 0.15) is 0 Å². The van der Waals surface area contributed by atoms with E-state index in [-0.39, 0.29) is 0 Å². The van der Waals surface area contributed by atoms with Gasteiger partial charge in [0, 0.05) is 31.7 Å². The molecule has 2 nitrogen and oxygen atoms in total. The molecule has 20 heavy (non-hydrogen) atoms. The lowest BCUT2D eigenvalue weighted by Gasteiger charge is -2.49. The van der Waals surface area contributed by atoms with Crippen LogP contribution in [0.3, 0.4) is 0 Å². The summed E-state index contributed by atoms with van der Waals surface area (Å²) in [4.78, 5) is 2.86. The van der Waals surface area contributed by atoms with Gasteiger partial charge in [-0.25, -0.2) is 0 Å². The molecule has 2 atom stereocenters. The van der Waals surface area contributed by atoms with Gasteiger partial charge in [-0.3, -0.25) is 4.90 Å². The van der Waals surface area contributed by atoms with E-state index in [9.17, 15) is 0 Å². The van der Waals surface area contributed by atoms with Crippen molar-refractivity contribution in [1.82, 2.24) is 10.2 Å². The van der Waals surface area contributed by atoms with Gasteiger partial charge in [-0.15, -0.1) is 0 Å². The molecule has 1 heterocycles. The van der Waals surface area contributed by atoms with Crippen molar-refractivity contribution in [3.8, 4) is 0 Å². The average Bonchev–Trinajstić information content (AvgIpc) is 2.48. The molecular weight excluding hydrogens is 244 g/mol. The van der Waals surface area contributed by atoms with Crippen LogP contribution >= 0.6 is 0 Å². The summed E-state index contributed by atoms with van der Waals surface area (Å²) in [6.45, 7) is 8.83. The number of nitrogens with one attached hydrogen (secondary N) is 1. The van der Waals surface area contributed by atoms with Crippen LogP contribution in [0.15, 0.2) is 0 Å². The Balaban J connectivity index is 1.62. The summed E-state index contributed by atoms with van der Waals surface area (Å²) in [5, 5.41) is 3.84. The molecule has 3 aliphatic rings. The van der Waals surface area contributed by atoms with Gasteiger partial charge in [0.25, 0.3) is 0 Å². The fourth-order valence-corrected chi connectivity index (χ4v) is 5.09. The van der Waals surface area contributed by atoms with Crippen LogP contribution in [0.2, 0.25) is 0 Å². The first-order valence-electron chi connectivity index (χ1n) is 9.14. The Hall–Kier alpha value is -0.0800. The Bertz CT molecular complexity index is 307. The first-order chi connectivity index (χ1) is 9.67. The van der Waals surface area contributed by atoms with Gasteiger partial charge in [-0.05, 0) is 37.0 Å². The summed E-state index contributed by atoms with van der Waals surface area (Å²) in [5.41, 5.74) is 0.534. The molecule has 2 heteroatoms. The summed E-state index contributed by atoms with van der Waals surface area (Å²) in [6.07, 6.45) is 13.1. The van der Waals surface area contributed by atoms with Gasteiger partial charge in [-0.1, -0.05) is 46.0 Å². The van der Waals surface area contributed by atoms with E-state index in [2.05, 4.69) is 24.1 Å². The van der Waals surface area contributed by atoms with Crippen molar-refractivity contribution in [2.75, 3.05) is 19.6 Å². The molecule has 0 aromatic heterocycles. The Morgan fingerprint density at radius 1 is 0.950 bits per heavy atom. The maximum atomic E-state index is 3.84. The Labute approximate surface area is 125 Å². The van der Waals surface area contributed by atoms with Crippen molar-refractivity contribution < 1.29 is 0 Å². The summed E-state index contributed by atoms with van der Waals surface area (Å²) < 4.78 is 0. The molecule has 2 saturated carbocycles. The highest BCUT2D eigenvalue weighted by atomic mass is 15.2. The van der Waals surface area contributed by atoms with E-state index in [1.165, 1.54) is 77.4 Å². The highest BCUT2D eigenvalue weighted by molar-refractivity contribution is 4.94. The minimum atomic E-state index is 0.534. The van der Waals surface area contributed by atoms with Crippen LogP contribution in [0.5, 0.6) is 0 Å². The van der Waals surface area contributed by atoms with Crippen LogP contribution in [-0.4, -0.2) is 36.6 Å². The lowest BCUT2D eigenvalue weighted by Crippen LogP contribution is -2.59. The lowest BCUT2D eigenvalue weighted by molar-refractivity contribution is 0.0187. The zero-order chi connectivity index (χ0) is 14.0. The number of piperazine rings is 1. The Morgan fingerprint density at radius 3 is 2.45 bits per heavy atom. The van der Waals surface area contributed by atoms with Gasteiger partial charge in [0.2, 0.25) is 0 Å². The fraction of sp³-hybridized carbons (Fsp3) is 1.00. The third kappa shape index (κ3) is 3.22. The lowest BCUT2D eigenvalue weighted by atomic mass is 9.72. The standard InChI is InChI=1S/C18H34N2/c1-18(2)11-7-6-10-17(18)20-13-12-19-16(14-20)15-8-4-3-5-9-15/h15-17,19H,3-14H2,1-2H3. The van der Waals surface area contributed by atoms with Crippen molar-refractivity contribution in [3.05, 3.63) is 0 Å². The molecule has 116 valence electrons. The second-order valence-electron chi connectivity index (χ2n) is 8.20. The molecule has 0 aromatic carbocycles. The van der Waals surface area contributed by atoms with Crippen LogP contribution < -0.4 is 5.32 Å². The first kappa shape index (κ1) is 14.8. The SMILES string of the molecule is CC1(C)CCCCC1N1CCNC(C2CCCCC2)C1. The molecule has 1 saturated heterocycles. The van der Waals surface area contributed by atoms with E-state index in [0.717, 1.165) is 18.0 Å². The molecule has 0 spiro atoms. The molecule has 0 amide bonds. The Morgan fingerprint density at radius 2 is 1.70 bits per heavy atom. The second-order valence-corrected chi connectivity index (χ2v) is 8.20. The molecule has 1 aliphatic heterocycles. The third-order valence-corrected chi connectivity index (χ3v) is 6.35. The number of nitrogens with zero attached hydrogens (tertiary/aromatic N) is 1. The Kier molecular flexibility index (Phi) is 4.72. The summed E-state index contributed by atoms with van der Waals surface area (Å²) >= 11 is 0. The number of hydrogen-bond acceptors (Lipinski definition) is 2. The zero-order valence-electron chi connectivity index (χ0n) is 13.7. The van der Waals surface area contributed by atoms with E-state index < -0.39 is 0 Å². The van der Waals surface area contributed by atoms with Crippen molar-refractivity contribution in [2.24, 2.45) is 11.3 Å². The molecule has 3 fully saturated rings. The highest BCUT2D eigenvalue weighted by Crippen LogP contribution is 2.39. The topological polar surface area (TPSA) is 15.3 Å². The predicted molar refractivity (Wildman–Crippen MR) is 86.0 cm³/mol. The third-order valence-electron chi connectivity index (χ3n) is 6.35. The maximum Gasteiger partial charge on any atom is 0.0223 e. The average molecular weight is 278 g/mol. The van der Waals surface area contributed by atoms with Crippen molar-refractivity contribution >= 4 is 0 Å². The fourth-order valence-electron chi connectivity index (χ4n) is 5.09. The number of rotatable bonds is 2. The molecule has 3 rings (SSSR count). The summed E-state index contributed by atoms with van der Waals surface area (Å²) in [7, 11) is 0.